The Kier molecular flexibility index (Phi) is 4.00. The van der Waals surface area contributed by atoms with Gasteiger partial charge in [-0.3, -0.25) is 10.1 Å². The lowest BCUT2D eigenvalue weighted by molar-refractivity contribution is -0.385. The summed E-state index contributed by atoms with van der Waals surface area (Å²) in [4.78, 5) is 10.5. The normalized spacial score (nSPS) is 10.3. The molecule has 0 aliphatic carbocycles. The molecule has 104 valence electrons. The van der Waals surface area contributed by atoms with Crippen molar-refractivity contribution in [2.45, 2.75) is 20.5 Å². The molecule has 5 nitrogen and oxygen atoms in total. The Balaban J connectivity index is 2.37. The monoisotopic (exact) mass is 273 g/mol. The van der Waals surface area contributed by atoms with Gasteiger partial charge in [0.25, 0.3) is 0 Å². The number of nitro benzene ring substituents is 1. The average Bonchev–Trinajstić information content (AvgIpc) is 2.43. The van der Waals surface area contributed by atoms with Gasteiger partial charge in [-0.2, -0.15) is 0 Å². The molecule has 0 spiro atoms. The van der Waals surface area contributed by atoms with Crippen LogP contribution < -0.4 is 4.74 Å². The molecule has 0 unspecified atom stereocenters. The van der Waals surface area contributed by atoms with E-state index in [0.717, 1.165) is 11.1 Å². The summed E-state index contributed by atoms with van der Waals surface area (Å²) in [6.45, 7) is 3.69. The van der Waals surface area contributed by atoms with Gasteiger partial charge in [0.2, 0.25) is 5.75 Å². The molecule has 0 heterocycles. The second-order valence-corrected chi connectivity index (χ2v) is 4.57. The largest absolute Gasteiger partial charge is 0.450 e. The van der Waals surface area contributed by atoms with Crippen LogP contribution in [0.1, 0.15) is 16.7 Å². The standard InChI is InChI=1S/C15H15NO4/c1-10-3-5-13(7-11(10)2)20-15-6-4-12(9-17)8-14(15)16(18)19/h3-8,17H,9H2,1-2H3. The maximum Gasteiger partial charge on any atom is 0.311 e. The SMILES string of the molecule is Cc1ccc(Oc2ccc(CO)cc2[N+](=O)[O-])cc1C. The lowest BCUT2D eigenvalue weighted by atomic mass is 10.1. The van der Waals surface area contributed by atoms with Crippen molar-refractivity contribution in [1.29, 1.82) is 0 Å². The molecule has 0 aromatic heterocycles. The molecular weight excluding hydrogens is 258 g/mol. The second kappa shape index (κ2) is 5.71. The predicted molar refractivity (Wildman–Crippen MR) is 75.0 cm³/mol. The Morgan fingerprint density at radius 2 is 1.90 bits per heavy atom. The van der Waals surface area contributed by atoms with Gasteiger partial charge in [-0.1, -0.05) is 12.1 Å². The molecule has 2 rings (SSSR count). The molecule has 0 saturated heterocycles. The maximum atomic E-state index is 11.0. The summed E-state index contributed by atoms with van der Waals surface area (Å²) in [5.74, 6) is 0.711. The van der Waals surface area contributed by atoms with Crippen LogP contribution in [0.15, 0.2) is 36.4 Å². The predicted octanol–water partition coefficient (Wildman–Crippen LogP) is 3.50. The highest BCUT2D eigenvalue weighted by molar-refractivity contribution is 5.51. The number of nitro groups is 1. The molecule has 0 bridgehead atoms. The number of hydrogen-bond acceptors (Lipinski definition) is 4. The summed E-state index contributed by atoms with van der Waals surface area (Å²) >= 11 is 0. The van der Waals surface area contributed by atoms with Crippen LogP contribution in [0.25, 0.3) is 0 Å². The van der Waals surface area contributed by atoms with E-state index >= 15 is 0 Å². The van der Waals surface area contributed by atoms with Gasteiger partial charge >= 0.3 is 5.69 Å². The lowest BCUT2D eigenvalue weighted by Crippen LogP contribution is -1.96. The fraction of sp³-hybridized carbons (Fsp3) is 0.200. The van der Waals surface area contributed by atoms with Crippen LogP contribution in [0.3, 0.4) is 0 Å². The van der Waals surface area contributed by atoms with Gasteiger partial charge in [-0.15, -0.1) is 0 Å². The summed E-state index contributed by atoms with van der Waals surface area (Å²) in [6, 6.07) is 9.92. The molecule has 20 heavy (non-hydrogen) atoms. The molecule has 0 aliphatic heterocycles. The van der Waals surface area contributed by atoms with Gasteiger partial charge in [-0.05, 0) is 48.7 Å². The molecule has 0 saturated carbocycles. The Morgan fingerprint density at radius 1 is 1.15 bits per heavy atom. The van der Waals surface area contributed by atoms with Crippen LogP contribution >= 0.6 is 0 Å². The third kappa shape index (κ3) is 2.95. The van der Waals surface area contributed by atoms with E-state index in [4.69, 9.17) is 9.84 Å². The lowest BCUT2D eigenvalue weighted by Gasteiger charge is -2.09. The number of rotatable bonds is 4. The first-order chi connectivity index (χ1) is 9.51. The van der Waals surface area contributed by atoms with Crippen LogP contribution in [0.2, 0.25) is 0 Å². The molecule has 0 amide bonds. The summed E-state index contributed by atoms with van der Waals surface area (Å²) in [6.07, 6.45) is 0. The van der Waals surface area contributed by atoms with Crippen molar-refractivity contribution in [2.24, 2.45) is 0 Å². The Labute approximate surface area is 116 Å². The minimum absolute atomic E-state index is 0.158. The number of aryl methyl sites for hydroxylation is 2. The number of aliphatic hydroxyl groups is 1. The fourth-order valence-electron chi connectivity index (χ4n) is 1.79. The zero-order chi connectivity index (χ0) is 14.7. The van der Waals surface area contributed by atoms with E-state index in [0.29, 0.717) is 11.3 Å². The quantitative estimate of drug-likeness (QED) is 0.683. The van der Waals surface area contributed by atoms with E-state index in [2.05, 4.69) is 0 Å². The highest BCUT2D eigenvalue weighted by atomic mass is 16.6. The first-order valence-corrected chi connectivity index (χ1v) is 6.14. The summed E-state index contributed by atoms with van der Waals surface area (Å²) in [7, 11) is 0. The number of ether oxygens (including phenoxy) is 1. The minimum atomic E-state index is -0.518. The van der Waals surface area contributed by atoms with E-state index in [1.54, 1.807) is 12.1 Å². The van der Waals surface area contributed by atoms with Gasteiger partial charge < -0.3 is 9.84 Å². The van der Waals surface area contributed by atoms with Crippen molar-refractivity contribution < 1.29 is 14.8 Å². The molecule has 0 aliphatic rings. The third-order valence-corrected chi connectivity index (χ3v) is 3.11. The van der Waals surface area contributed by atoms with Crippen molar-refractivity contribution in [1.82, 2.24) is 0 Å². The molecule has 1 N–H and O–H groups in total. The van der Waals surface area contributed by atoms with Crippen LogP contribution in [0.4, 0.5) is 5.69 Å². The molecule has 0 radical (unpaired) electrons. The highest BCUT2D eigenvalue weighted by Gasteiger charge is 2.16. The van der Waals surface area contributed by atoms with Crippen molar-refractivity contribution in [3.8, 4) is 11.5 Å². The Morgan fingerprint density at radius 3 is 2.50 bits per heavy atom. The third-order valence-electron chi connectivity index (χ3n) is 3.11. The summed E-state index contributed by atoms with van der Waals surface area (Å²) in [5.41, 5.74) is 2.50. The average molecular weight is 273 g/mol. The zero-order valence-corrected chi connectivity index (χ0v) is 11.3. The Hall–Kier alpha value is -2.40. The smallest absolute Gasteiger partial charge is 0.311 e. The number of aliphatic hydroxyl groups excluding tert-OH is 1. The van der Waals surface area contributed by atoms with Crippen LogP contribution in [0, 0.1) is 24.0 Å². The van der Waals surface area contributed by atoms with E-state index < -0.39 is 4.92 Å². The maximum absolute atomic E-state index is 11.0. The van der Waals surface area contributed by atoms with E-state index in [9.17, 15) is 10.1 Å². The summed E-state index contributed by atoms with van der Waals surface area (Å²) in [5, 5.41) is 20.1. The van der Waals surface area contributed by atoms with Gasteiger partial charge in [0.05, 0.1) is 11.5 Å². The molecule has 2 aromatic carbocycles. The van der Waals surface area contributed by atoms with Crippen molar-refractivity contribution >= 4 is 5.69 Å². The molecule has 0 fully saturated rings. The van der Waals surface area contributed by atoms with Crippen molar-refractivity contribution in [3.05, 3.63) is 63.2 Å². The van der Waals surface area contributed by atoms with Crippen LogP contribution in [-0.4, -0.2) is 10.0 Å². The van der Waals surface area contributed by atoms with Crippen LogP contribution in [0.5, 0.6) is 11.5 Å². The fourth-order valence-corrected chi connectivity index (χ4v) is 1.79. The van der Waals surface area contributed by atoms with Crippen molar-refractivity contribution in [2.75, 3.05) is 0 Å². The number of benzene rings is 2. The topological polar surface area (TPSA) is 72.6 Å². The van der Waals surface area contributed by atoms with Gasteiger partial charge in [0, 0.05) is 6.07 Å². The number of hydrogen-bond donors (Lipinski definition) is 1. The van der Waals surface area contributed by atoms with E-state index in [1.165, 1.54) is 12.1 Å². The molecule has 5 heteroatoms. The number of nitrogens with zero attached hydrogens (tertiary/aromatic N) is 1. The summed E-state index contributed by atoms with van der Waals surface area (Å²) < 4.78 is 5.58. The molecular formula is C15H15NO4. The van der Waals surface area contributed by atoms with Crippen molar-refractivity contribution in [3.63, 3.8) is 0 Å². The van der Waals surface area contributed by atoms with E-state index in [-0.39, 0.29) is 18.0 Å². The Bertz CT molecular complexity index is 652. The second-order valence-electron chi connectivity index (χ2n) is 4.57. The highest BCUT2D eigenvalue weighted by Crippen LogP contribution is 2.32. The molecule has 0 atom stereocenters. The van der Waals surface area contributed by atoms with Gasteiger partial charge in [0.15, 0.2) is 0 Å². The molecule has 2 aromatic rings. The van der Waals surface area contributed by atoms with E-state index in [1.807, 2.05) is 26.0 Å². The zero-order valence-electron chi connectivity index (χ0n) is 11.3. The van der Waals surface area contributed by atoms with Gasteiger partial charge in [0.1, 0.15) is 5.75 Å². The van der Waals surface area contributed by atoms with Gasteiger partial charge in [-0.25, -0.2) is 0 Å². The first-order valence-electron chi connectivity index (χ1n) is 6.14. The first kappa shape index (κ1) is 14.0. The van der Waals surface area contributed by atoms with Crippen LogP contribution in [-0.2, 0) is 6.61 Å². The minimum Gasteiger partial charge on any atom is -0.450 e.